The van der Waals surface area contributed by atoms with Crippen molar-refractivity contribution in [1.29, 1.82) is 0 Å². The number of nitrogens with zero attached hydrogens (tertiary/aromatic N) is 1. The van der Waals surface area contributed by atoms with Gasteiger partial charge in [0, 0.05) is 5.39 Å². The zero-order valence-corrected chi connectivity index (χ0v) is 9.20. The van der Waals surface area contributed by atoms with Crippen LogP contribution in [0, 0.1) is 0 Å². The van der Waals surface area contributed by atoms with Crippen molar-refractivity contribution in [3.8, 4) is 0 Å². The van der Waals surface area contributed by atoms with Crippen LogP contribution in [0.1, 0.15) is 31.7 Å². The van der Waals surface area contributed by atoms with Gasteiger partial charge in [0.15, 0.2) is 0 Å². The van der Waals surface area contributed by atoms with Gasteiger partial charge >= 0.3 is 0 Å². The van der Waals surface area contributed by atoms with Gasteiger partial charge in [0.2, 0.25) is 0 Å². The predicted octanol–water partition coefficient (Wildman–Crippen LogP) is 3.33. The van der Waals surface area contributed by atoms with Crippen LogP contribution in [0.25, 0.3) is 10.9 Å². The van der Waals surface area contributed by atoms with Crippen LogP contribution in [0.15, 0.2) is 30.5 Å². The molecule has 2 N–H and O–H groups in total. The topological polar surface area (TPSA) is 38.9 Å². The van der Waals surface area contributed by atoms with Crippen LogP contribution in [-0.4, -0.2) is 4.98 Å². The number of aromatic nitrogens is 1. The Bertz CT molecular complexity index is 477. The van der Waals surface area contributed by atoms with Crippen LogP contribution in [0.4, 0.5) is 5.69 Å². The second kappa shape index (κ2) is 3.89. The Morgan fingerprint density at radius 2 is 2.13 bits per heavy atom. The van der Waals surface area contributed by atoms with Crippen LogP contribution >= 0.6 is 0 Å². The van der Waals surface area contributed by atoms with Gasteiger partial charge in [-0.2, -0.15) is 0 Å². The summed E-state index contributed by atoms with van der Waals surface area (Å²) >= 11 is 0. The molecular weight excluding hydrogens is 184 g/mol. The molecule has 1 heterocycles. The highest BCUT2D eigenvalue weighted by molar-refractivity contribution is 5.81. The highest BCUT2D eigenvalue weighted by atomic mass is 14.7. The van der Waals surface area contributed by atoms with Gasteiger partial charge in [0.1, 0.15) is 0 Å². The van der Waals surface area contributed by atoms with Gasteiger partial charge in [0.05, 0.1) is 17.4 Å². The summed E-state index contributed by atoms with van der Waals surface area (Å²) in [5, 5.41) is 1.13. The van der Waals surface area contributed by atoms with E-state index in [4.69, 9.17) is 5.73 Å². The van der Waals surface area contributed by atoms with Gasteiger partial charge in [-0.15, -0.1) is 0 Å². The number of hydrogen-bond acceptors (Lipinski definition) is 2. The first-order valence-corrected chi connectivity index (χ1v) is 5.36. The number of anilines is 1. The van der Waals surface area contributed by atoms with Crippen LogP contribution < -0.4 is 5.73 Å². The largest absolute Gasteiger partial charge is 0.397 e. The summed E-state index contributed by atoms with van der Waals surface area (Å²) in [6, 6.07) is 8.39. The highest BCUT2D eigenvalue weighted by Crippen LogP contribution is 2.23. The zero-order chi connectivity index (χ0) is 10.8. The molecule has 2 aromatic rings. The summed E-state index contributed by atoms with van der Waals surface area (Å²) in [5.41, 5.74) is 8.81. The van der Waals surface area contributed by atoms with Crippen molar-refractivity contribution in [1.82, 2.24) is 4.98 Å². The fourth-order valence-corrected chi connectivity index (χ4v) is 1.71. The van der Waals surface area contributed by atoms with E-state index in [1.165, 1.54) is 5.56 Å². The number of fused-ring (bicyclic) bond motifs is 1. The maximum Gasteiger partial charge on any atom is 0.0703 e. The van der Waals surface area contributed by atoms with Gasteiger partial charge in [-0.1, -0.05) is 19.9 Å². The van der Waals surface area contributed by atoms with Crippen molar-refractivity contribution in [2.24, 2.45) is 0 Å². The molecule has 0 amide bonds. The molecular formula is C13H16N2. The molecule has 2 rings (SSSR count). The Morgan fingerprint density at radius 1 is 1.33 bits per heavy atom. The predicted molar refractivity (Wildman–Crippen MR) is 64.9 cm³/mol. The fourth-order valence-electron chi connectivity index (χ4n) is 1.71. The van der Waals surface area contributed by atoms with E-state index in [0.717, 1.165) is 23.0 Å². The van der Waals surface area contributed by atoms with E-state index in [9.17, 15) is 0 Å². The van der Waals surface area contributed by atoms with E-state index >= 15 is 0 Å². The Balaban J connectivity index is 2.54. The van der Waals surface area contributed by atoms with Crippen molar-refractivity contribution >= 4 is 16.6 Å². The lowest BCUT2D eigenvalue weighted by molar-refractivity contribution is 0.734. The number of rotatable bonds is 2. The molecule has 0 aliphatic carbocycles. The van der Waals surface area contributed by atoms with Crippen LogP contribution in [0.2, 0.25) is 0 Å². The maximum absolute atomic E-state index is 5.72. The summed E-state index contributed by atoms with van der Waals surface area (Å²) in [6.07, 6.45) is 2.85. The molecule has 1 atom stereocenters. The van der Waals surface area contributed by atoms with E-state index in [-0.39, 0.29) is 0 Å². The molecule has 0 saturated carbocycles. The Morgan fingerprint density at radius 3 is 2.87 bits per heavy atom. The number of nitrogen functional groups attached to an aromatic ring is 1. The normalized spacial score (nSPS) is 12.9. The fraction of sp³-hybridized carbons (Fsp3) is 0.308. The smallest absolute Gasteiger partial charge is 0.0703 e. The standard InChI is InChI=1S/C13H16N2/c1-3-9(2)10-4-5-13-11(6-10)7-12(14)8-15-13/h4-9H,3,14H2,1-2H3/t9-/m0/s1. The monoisotopic (exact) mass is 200 g/mol. The molecule has 0 radical (unpaired) electrons. The minimum Gasteiger partial charge on any atom is -0.397 e. The maximum atomic E-state index is 5.72. The summed E-state index contributed by atoms with van der Waals surface area (Å²) < 4.78 is 0. The number of hydrogen-bond donors (Lipinski definition) is 1. The van der Waals surface area contributed by atoms with Crippen molar-refractivity contribution in [2.75, 3.05) is 5.73 Å². The molecule has 0 saturated heterocycles. The molecule has 0 aliphatic heterocycles. The summed E-state index contributed by atoms with van der Waals surface area (Å²) in [7, 11) is 0. The molecule has 2 heteroatoms. The number of benzene rings is 1. The molecule has 1 aromatic carbocycles. The SMILES string of the molecule is CC[C@H](C)c1ccc2ncc(N)cc2c1. The van der Waals surface area contributed by atoms with Crippen LogP contribution in [-0.2, 0) is 0 Å². The van der Waals surface area contributed by atoms with Gasteiger partial charge in [-0.3, -0.25) is 4.98 Å². The Hall–Kier alpha value is -1.57. The first kappa shape index (κ1) is 9.97. The minimum absolute atomic E-state index is 0.593. The zero-order valence-electron chi connectivity index (χ0n) is 9.20. The van der Waals surface area contributed by atoms with E-state index in [0.29, 0.717) is 5.92 Å². The van der Waals surface area contributed by atoms with Crippen LogP contribution in [0.5, 0.6) is 0 Å². The minimum atomic E-state index is 0.593. The third kappa shape index (κ3) is 1.94. The number of pyridine rings is 1. The van der Waals surface area contributed by atoms with E-state index in [1.807, 2.05) is 6.07 Å². The van der Waals surface area contributed by atoms with E-state index in [1.54, 1.807) is 6.20 Å². The van der Waals surface area contributed by atoms with E-state index < -0.39 is 0 Å². The average Bonchev–Trinajstić information content (AvgIpc) is 2.27. The van der Waals surface area contributed by atoms with Gasteiger partial charge in [-0.05, 0) is 36.1 Å². The van der Waals surface area contributed by atoms with Crippen molar-refractivity contribution in [3.63, 3.8) is 0 Å². The molecule has 0 fully saturated rings. The van der Waals surface area contributed by atoms with Crippen molar-refractivity contribution in [2.45, 2.75) is 26.2 Å². The summed E-state index contributed by atoms with van der Waals surface area (Å²) in [4.78, 5) is 4.28. The van der Waals surface area contributed by atoms with Crippen molar-refractivity contribution < 1.29 is 0 Å². The lowest BCUT2D eigenvalue weighted by Gasteiger charge is -2.09. The highest BCUT2D eigenvalue weighted by Gasteiger charge is 2.04. The van der Waals surface area contributed by atoms with Gasteiger partial charge in [0.25, 0.3) is 0 Å². The number of nitrogens with two attached hydrogens (primary N) is 1. The molecule has 78 valence electrons. The quantitative estimate of drug-likeness (QED) is 0.807. The average molecular weight is 200 g/mol. The Labute approximate surface area is 90.1 Å². The lowest BCUT2D eigenvalue weighted by Crippen LogP contribution is -1.92. The van der Waals surface area contributed by atoms with E-state index in [2.05, 4.69) is 37.0 Å². The van der Waals surface area contributed by atoms with Crippen LogP contribution in [0.3, 0.4) is 0 Å². The van der Waals surface area contributed by atoms with Gasteiger partial charge < -0.3 is 5.73 Å². The molecule has 0 unspecified atom stereocenters. The second-order valence-electron chi connectivity index (χ2n) is 4.03. The lowest BCUT2D eigenvalue weighted by atomic mass is 9.97. The third-order valence-corrected chi connectivity index (χ3v) is 2.91. The van der Waals surface area contributed by atoms with Crippen molar-refractivity contribution in [3.05, 3.63) is 36.0 Å². The molecule has 15 heavy (non-hydrogen) atoms. The molecule has 0 aliphatic rings. The molecule has 0 bridgehead atoms. The first-order valence-electron chi connectivity index (χ1n) is 5.36. The summed E-state index contributed by atoms with van der Waals surface area (Å²) in [6.45, 7) is 4.44. The second-order valence-corrected chi connectivity index (χ2v) is 4.03. The first-order chi connectivity index (χ1) is 7.20. The molecule has 2 nitrogen and oxygen atoms in total. The molecule has 0 spiro atoms. The Kier molecular flexibility index (Phi) is 2.58. The third-order valence-electron chi connectivity index (χ3n) is 2.91. The summed E-state index contributed by atoms with van der Waals surface area (Å²) in [5.74, 6) is 0.593. The van der Waals surface area contributed by atoms with Gasteiger partial charge in [-0.25, -0.2) is 0 Å². The molecule has 1 aromatic heterocycles.